The number of aliphatic hydroxyl groups is 1. The van der Waals surface area contributed by atoms with Crippen molar-refractivity contribution < 1.29 is 19.8 Å². The molecule has 28 heavy (non-hydrogen) atoms. The van der Waals surface area contributed by atoms with Crippen LogP contribution in [0.25, 0.3) is 0 Å². The van der Waals surface area contributed by atoms with Gasteiger partial charge in [0.25, 0.3) is 0 Å². The van der Waals surface area contributed by atoms with Crippen molar-refractivity contribution in [1.29, 1.82) is 0 Å². The van der Waals surface area contributed by atoms with Crippen LogP contribution in [0.5, 0.6) is 5.75 Å². The standard InChI is InChI=1S/C19H29N5O4/c1-5-7-11(3)19(6-2)16(27)22-18(23-17(19)28)24-21-9-14-13(10-25)8-20-12(4)15(14)26/h8-9,11,18,24-26H,5-7,10H2,1-4H3,(H,22,27)(H,23,28)/b21-9+. The summed E-state index contributed by atoms with van der Waals surface area (Å²) in [5, 5.41) is 29.0. The lowest BCUT2D eigenvalue weighted by Gasteiger charge is -2.41. The molecule has 5 N–H and O–H groups in total. The zero-order valence-electron chi connectivity index (χ0n) is 16.7. The van der Waals surface area contributed by atoms with Crippen LogP contribution in [0.3, 0.4) is 0 Å². The highest BCUT2D eigenvalue weighted by Crippen LogP contribution is 2.37. The third-order valence-corrected chi connectivity index (χ3v) is 5.41. The van der Waals surface area contributed by atoms with Crippen LogP contribution in [0, 0.1) is 18.3 Å². The van der Waals surface area contributed by atoms with Gasteiger partial charge in [-0.3, -0.25) is 20.0 Å². The molecule has 0 radical (unpaired) electrons. The number of nitrogens with one attached hydrogen (secondary N) is 3. The monoisotopic (exact) mass is 391 g/mol. The number of carbonyl (C=O) groups excluding carboxylic acids is 2. The second-order valence-electron chi connectivity index (χ2n) is 7.07. The van der Waals surface area contributed by atoms with E-state index >= 15 is 0 Å². The molecule has 1 aliphatic rings. The van der Waals surface area contributed by atoms with E-state index in [4.69, 9.17) is 0 Å². The minimum atomic E-state index is -1.09. The molecule has 9 nitrogen and oxygen atoms in total. The fraction of sp³-hybridized carbons (Fsp3) is 0.579. The van der Waals surface area contributed by atoms with Crippen LogP contribution >= 0.6 is 0 Å². The minimum Gasteiger partial charge on any atom is -0.505 e. The molecule has 1 atom stereocenters. The molecule has 1 unspecified atom stereocenters. The van der Waals surface area contributed by atoms with Crippen molar-refractivity contribution in [2.24, 2.45) is 16.4 Å². The Hall–Kier alpha value is -2.68. The molecule has 1 aromatic rings. The van der Waals surface area contributed by atoms with Gasteiger partial charge in [-0.15, -0.1) is 0 Å². The molecule has 0 saturated carbocycles. The number of aliphatic hydroxyl groups excluding tert-OH is 1. The first kappa shape index (κ1) is 21.6. The average molecular weight is 391 g/mol. The van der Waals surface area contributed by atoms with E-state index in [1.54, 1.807) is 6.92 Å². The molecule has 1 fully saturated rings. The van der Waals surface area contributed by atoms with Crippen LogP contribution in [0.15, 0.2) is 11.3 Å². The number of aromatic hydroxyl groups is 1. The molecule has 0 aliphatic carbocycles. The van der Waals surface area contributed by atoms with Crippen molar-refractivity contribution in [3.63, 3.8) is 0 Å². The first-order valence-corrected chi connectivity index (χ1v) is 9.50. The van der Waals surface area contributed by atoms with Crippen LogP contribution < -0.4 is 16.1 Å². The van der Waals surface area contributed by atoms with Crippen molar-refractivity contribution in [2.75, 3.05) is 0 Å². The number of pyridine rings is 1. The van der Waals surface area contributed by atoms with Gasteiger partial charge < -0.3 is 20.8 Å². The molecule has 2 amide bonds. The molecule has 0 bridgehead atoms. The molecule has 2 rings (SSSR count). The number of nitrogens with zero attached hydrogens (tertiary/aromatic N) is 2. The van der Waals surface area contributed by atoms with Crippen LogP contribution in [0.1, 0.15) is 56.9 Å². The highest BCUT2D eigenvalue weighted by molar-refractivity contribution is 6.07. The highest BCUT2D eigenvalue weighted by Gasteiger charge is 2.52. The van der Waals surface area contributed by atoms with E-state index in [1.807, 2.05) is 20.8 Å². The molecule has 154 valence electrons. The minimum absolute atomic E-state index is 0.0872. The Labute approximate surface area is 164 Å². The Morgan fingerprint density at radius 2 is 2.00 bits per heavy atom. The van der Waals surface area contributed by atoms with Crippen molar-refractivity contribution >= 4 is 18.0 Å². The van der Waals surface area contributed by atoms with Gasteiger partial charge in [-0.05, 0) is 25.7 Å². The van der Waals surface area contributed by atoms with E-state index in [2.05, 4.69) is 26.1 Å². The molecule has 9 heteroatoms. The second-order valence-corrected chi connectivity index (χ2v) is 7.07. The zero-order chi connectivity index (χ0) is 20.9. The van der Waals surface area contributed by atoms with E-state index in [0.717, 1.165) is 12.8 Å². The van der Waals surface area contributed by atoms with E-state index < -0.39 is 11.7 Å². The van der Waals surface area contributed by atoms with Crippen molar-refractivity contribution in [3.05, 3.63) is 23.0 Å². The molecule has 0 aromatic carbocycles. The van der Waals surface area contributed by atoms with Gasteiger partial charge in [-0.2, -0.15) is 5.10 Å². The lowest BCUT2D eigenvalue weighted by atomic mass is 9.70. The fourth-order valence-electron chi connectivity index (χ4n) is 3.62. The Balaban J connectivity index is 2.13. The summed E-state index contributed by atoms with van der Waals surface area (Å²) in [7, 11) is 0. The van der Waals surface area contributed by atoms with Crippen molar-refractivity contribution in [3.8, 4) is 5.75 Å². The highest BCUT2D eigenvalue weighted by atomic mass is 16.3. The summed E-state index contributed by atoms with van der Waals surface area (Å²) >= 11 is 0. The molecule has 1 aliphatic heterocycles. The largest absolute Gasteiger partial charge is 0.505 e. The number of rotatable bonds is 8. The lowest BCUT2D eigenvalue weighted by molar-refractivity contribution is -0.154. The predicted octanol–water partition coefficient (Wildman–Crippen LogP) is 0.874. The van der Waals surface area contributed by atoms with E-state index in [0.29, 0.717) is 23.2 Å². The average Bonchev–Trinajstić information content (AvgIpc) is 2.66. The van der Waals surface area contributed by atoms with Gasteiger partial charge in [-0.25, -0.2) is 0 Å². The maximum Gasteiger partial charge on any atom is 0.238 e. The first-order chi connectivity index (χ1) is 13.3. The number of hydrazone groups is 1. The Morgan fingerprint density at radius 3 is 2.54 bits per heavy atom. The number of aryl methyl sites for hydroxylation is 1. The zero-order valence-corrected chi connectivity index (χ0v) is 16.7. The SMILES string of the molecule is CCCC(C)C1(CC)C(=O)NC(N/N=C/c2c(CO)cnc(C)c2O)NC1=O. The normalized spacial score (nSPS) is 23.4. The number of aromatic nitrogens is 1. The van der Waals surface area contributed by atoms with E-state index in [9.17, 15) is 19.8 Å². The summed E-state index contributed by atoms with van der Waals surface area (Å²) in [6.07, 6.45) is 3.96. The maximum atomic E-state index is 12.8. The maximum absolute atomic E-state index is 12.8. The third-order valence-electron chi connectivity index (χ3n) is 5.41. The van der Waals surface area contributed by atoms with E-state index in [-0.39, 0.29) is 30.1 Å². The quantitative estimate of drug-likeness (QED) is 0.253. The molecular formula is C19H29N5O4. The van der Waals surface area contributed by atoms with Crippen LogP contribution in [-0.4, -0.2) is 39.5 Å². The third kappa shape index (κ3) is 3.94. The summed E-state index contributed by atoms with van der Waals surface area (Å²) in [4.78, 5) is 29.5. The topological polar surface area (TPSA) is 136 Å². The van der Waals surface area contributed by atoms with Gasteiger partial charge in [0.15, 0.2) is 6.29 Å². The van der Waals surface area contributed by atoms with Gasteiger partial charge in [0, 0.05) is 17.3 Å². The molecular weight excluding hydrogens is 362 g/mol. The number of hydrogen-bond donors (Lipinski definition) is 5. The summed E-state index contributed by atoms with van der Waals surface area (Å²) in [5.41, 5.74) is 2.68. The number of carbonyl (C=O) groups is 2. The van der Waals surface area contributed by atoms with Gasteiger partial charge in [0.05, 0.1) is 18.5 Å². The van der Waals surface area contributed by atoms with Crippen LogP contribution in [0.4, 0.5) is 0 Å². The second kappa shape index (κ2) is 9.01. The van der Waals surface area contributed by atoms with Crippen LogP contribution in [0.2, 0.25) is 0 Å². The van der Waals surface area contributed by atoms with E-state index in [1.165, 1.54) is 12.4 Å². The van der Waals surface area contributed by atoms with Gasteiger partial charge in [0.2, 0.25) is 11.8 Å². The molecule has 1 aromatic heterocycles. The summed E-state index contributed by atoms with van der Waals surface area (Å²) in [6.45, 7) is 7.09. The van der Waals surface area contributed by atoms with Crippen molar-refractivity contribution in [1.82, 2.24) is 21.0 Å². The summed E-state index contributed by atoms with van der Waals surface area (Å²) in [6, 6.07) is 0. The fourth-order valence-corrected chi connectivity index (χ4v) is 3.62. The van der Waals surface area contributed by atoms with Crippen LogP contribution in [-0.2, 0) is 16.2 Å². The summed E-state index contributed by atoms with van der Waals surface area (Å²) in [5.74, 6) is -0.833. The van der Waals surface area contributed by atoms with Gasteiger partial charge >= 0.3 is 0 Å². The number of hydrogen-bond acceptors (Lipinski definition) is 7. The van der Waals surface area contributed by atoms with Crippen molar-refractivity contribution in [2.45, 2.75) is 59.9 Å². The Morgan fingerprint density at radius 1 is 1.36 bits per heavy atom. The Kier molecular flexibility index (Phi) is 6.95. The molecule has 2 heterocycles. The lowest BCUT2D eigenvalue weighted by Crippen LogP contribution is -2.69. The predicted molar refractivity (Wildman–Crippen MR) is 104 cm³/mol. The van der Waals surface area contributed by atoms with Gasteiger partial charge in [-0.1, -0.05) is 27.2 Å². The first-order valence-electron chi connectivity index (χ1n) is 9.50. The molecule has 1 saturated heterocycles. The number of amides is 2. The van der Waals surface area contributed by atoms with Gasteiger partial charge in [0.1, 0.15) is 11.2 Å². The Bertz CT molecular complexity index is 747. The smallest absolute Gasteiger partial charge is 0.238 e. The summed E-state index contributed by atoms with van der Waals surface area (Å²) < 4.78 is 0. The molecule has 0 spiro atoms.